The third-order valence-electron chi connectivity index (χ3n) is 4.87. The lowest BCUT2D eigenvalue weighted by molar-refractivity contribution is -0.162. The number of aliphatic hydroxyl groups is 2. The first-order valence-corrected chi connectivity index (χ1v) is 7.76. The van der Waals surface area contributed by atoms with Crippen LogP contribution in [0.2, 0.25) is 0 Å². The largest absolute Gasteiger partial charge is 0.387 e. The Labute approximate surface area is 111 Å². The summed E-state index contributed by atoms with van der Waals surface area (Å²) in [6, 6.07) is 0. The molecule has 0 heterocycles. The Balaban J connectivity index is 2.05. The van der Waals surface area contributed by atoms with Crippen molar-refractivity contribution in [2.45, 2.75) is 88.3 Å². The second-order valence-electron chi connectivity index (χ2n) is 6.27. The number of hydrogen-bond acceptors (Lipinski definition) is 2. The van der Waals surface area contributed by atoms with Gasteiger partial charge in [0.15, 0.2) is 0 Å². The van der Waals surface area contributed by atoms with Crippen LogP contribution in [-0.2, 0) is 0 Å². The summed E-state index contributed by atoms with van der Waals surface area (Å²) in [4.78, 5) is 0. The summed E-state index contributed by atoms with van der Waals surface area (Å²) < 4.78 is 0. The van der Waals surface area contributed by atoms with Gasteiger partial charge in [-0.3, -0.25) is 0 Å². The summed E-state index contributed by atoms with van der Waals surface area (Å²) >= 11 is 0. The van der Waals surface area contributed by atoms with Gasteiger partial charge in [0.05, 0.1) is 11.2 Å². The minimum Gasteiger partial charge on any atom is -0.387 e. The molecule has 0 saturated heterocycles. The number of hydrogen-bond donors (Lipinski definition) is 2. The maximum absolute atomic E-state index is 10.8. The van der Waals surface area contributed by atoms with Gasteiger partial charge in [0.25, 0.3) is 0 Å². The molecule has 0 bridgehead atoms. The van der Waals surface area contributed by atoms with E-state index < -0.39 is 11.2 Å². The average Bonchev–Trinajstić information content (AvgIpc) is 2.34. The molecular formula is C16H28O2. The van der Waals surface area contributed by atoms with E-state index >= 15 is 0 Å². The molecule has 2 aliphatic rings. The standard InChI is InChI=1S/C16H28O2/c17-15-11-7-5-3-1-2-4-6-8-12-16(15,18)14-10-9-13-15/h9-10,17-18H,1-8,11-14H2/t15-,16-/m0/s1. The van der Waals surface area contributed by atoms with Gasteiger partial charge in [0.2, 0.25) is 0 Å². The second-order valence-corrected chi connectivity index (χ2v) is 6.27. The maximum atomic E-state index is 10.8. The van der Waals surface area contributed by atoms with E-state index in [2.05, 4.69) is 0 Å². The second kappa shape index (κ2) is 6.21. The Bertz CT molecular complexity index is 259. The van der Waals surface area contributed by atoms with Crippen molar-refractivity contribution >= 4 is 0 Å². The van der Waals surface area contributed by atoms with Crippen LogP contribution in [0, 0.1) is 0 Å². The Morgan fingerprint density at radius 2 is 0.889 bits per heavy atom. The molecule has 18 heavy (non-hydrogen) atoms. The molecule has 2 atom stereocenters. The summed E-state index contributed by atoms with van der Waals surface area (Å²) in [5, 5.41) is 21.7. The molecule has 0 aromatic heterocycles. The molecule has 0 spiro atoms. The zero-order valence-electron chi connectivity index (χ0n) is 11.5. The highest BCUT2D eigenvalue weighted by atomic mass is 16.4. The van der Waals surface area contributed by atoms with Crippen LogP contribution >= 0.6 is 0 Å². The Kier molecular flexibility index (Phi) is 4.85. The van der Waals surface area contributed by atoms with Crippen molar-refractivity contribution in [3.8, 4) is 0 Å². The Morgan fingerprint density at radius 1 is 0.556 bits per heavy atom. The lowest BCUT2D eigenvalue weighted by Gasteiger charge is -2.45. The van der Waals surface area contributed by atoms with Crippen LogP contribution in [0.5, 0.6) is 0 Å². The van der Waals surface area contributed by atoms with E-state index in [1.807, 2.05) is 12.2 Å². The van der Waals surface area contributed by atoms with Crippen molar-refractivity contribution in [1.29, 1.82) is 0 Å². The molecule has 1 saturated carbocycles. The smallest absolute Gasteiger partial charge is 0.0970 e. The highest BCUT2D eigenvalue weighted by Crippen LogP contribution is 2.41. The molecule has 2 nitrogen and oxygen atoms in total. The Morgan fingerprint density at radius 3 is 1.28 bits per heavy atom. The minimum absolute atomic E-state index is 0.628. The fraction of sp³-hybridized carbons (Fsp3) is 0.875. The van der Waals surface area contributed by atoms with Gasteiger partial charge < -0.3 is 10.2 Å². The molecule has 2 heteroatoms. The van der Waals surface area contributed by atoms with E-state index in [4.69, 9.17) is 0 Å². The molecule has 0 aromatic rings. The molecule has 2 rings (SSSR count). The maximum Gasteiger partial charge on any atom is 0.0970 e. The van der Waals surface area contributed by atoms with Crippen molar-refractivity contribution in [3.05, 3.63) is 12.2 Å². The quantitative estimate of drug-likeness (QED) is 0.645. The molecule has 0 radical (unpaired) electrons. The topological polar surface area (TPSA) is 40.5 Å². The van der Waals surface area contributed by atoms with E-state index in [1.165, 1.54) is 38.5 Å². The molecule has 0 aromatic carbocycles. The third-order valence-corrected chi connectivity index (χ3v) is 4.87. The van der Waals surface area contributed by atoms with Crippen LogP contribution in [0.4, 0.5) is 0 Å². The van der Waals surface area contributed by atoms with Crippen molar-refractivity contribution in [1.82, 2.24) is 0 Å². The van der Waals surface area contributed by atoms with Gasteiger partial charge in [0.1, 0.15) is 0 Å². The third kappa shape index (κ3) is 3.16. The van der Waals surface area contributed by atoms with Crippen molar-refractivity contribution in [2.75, 3.05) is 0 Å². The molecule has 0 amide bonds. The summed E-state index contributed by atoms with van der Waals surface area (Å²) in [7, 11) is 0. The van der Waals surface area contributed by atoms with Gasteiger partial charge in [0, 0.05) is 0 Å². The molecular weight excluding hydrogens is 224 g/mol. The highest BCUT2D eigenvalue weighted by Gasteiger charge is 2.48. The van der Waals surface area contributed by atoms with Crippen LogP contribution < -0.4 is 0 Å². The number of fused-ring (bicyclic) bond motifs is 1. The van der Waals surface area contributed by atoms with Gasteiger partial charge in [-0.15, -0.1) is 0 Å². The predicted molar refractivity (Wildman–Crippen MR) is 74.4 cm³/mol. The molecule has 2 N–H and O–H groups in total. The van der Waals surface area contributed by atoms with Gasteiger partial charge in [-0.2, -0.15) is 0 Å². The van der Waals surface area contributed by atoms with Gasteiger partial charge >= 0.3 is 0 Å². The SMILES string of the molecule is O[C@@]12CC=CC[C@@]1(O)CCCCCCCCCC2. The zero-order chi connectivity index (χ0) is 12.9. The first-order chi connectivity index (χ1) is 8.66. The van der Waals surface area contributed by atoms with Crippen molar-refractivity contribution in [2.24, 2.45) is 0 Å². The normalized spacial score (nSPS) is 39.4. The van der Waals surface area contributed by atoms with E-state index in [1.54, 1.807) is 0 Å². The zero-order valence-corrected chi connectivity index (χ0v) is 11.5. The molecule has 1 fully saturated rings. The van der Waals surface area contributed by atoms with Gasteiger partial charge in [-0.1, -0.05) is 63.5 Å². The van der Waals surface area contributed by atoms with Crippen LogP contribution in [-0.4, -0.2) is 21.4 Å². The summed E-state index contributed by atoms with van der Waals surface area (Å²) in [5.74, 6) is 0. The lowest BCUT2D eigenvalue weighted by atomic mass is 9.69. The molecule has 104 valence electrons. The van der Waals surface area contributed by atoms with E-state index in [-0.39, 0.29) is 0 Å². The van der Waals surface area contributed by atoms with Crippen LogP contribution in [0.25, 0.3) is 0 Å². The van der Waals surface area contributed by atoms with Crippen LogP contribution in [0.3, 0.4) is 0 Å². The molecule has 0 aliphatic heterocycles. The van der Waals surface area contributed by atoms with Gasteiger partial charge in [-0.05, 0) is 25.7 Å². The lowest BCUT2D eigenvalue weighted by Crippen LogP contribution is -2.55. The Hall–Kier alpha value is -0.340. The van der Waals surface area contributed by atoms with Crippen LogP contribution in [0.1, 0.15) is 77.0 Å². The van der Waals surface area contributed by atoms with Crippen molar-refractivity contribution in [3.63, 3.8) is 0 Å². The van der Waals surface area contributed by atoms with E-state index in [0.29, 0.717) is 12.8 Å². The van der Waals surface area contributed by atoms with Crippen LogP contribution in [0.15, 0.2) is 12.2 Å². The summed E-state index contributed by atoms with van der Waals surface area (Å²) in [6.07, 6.45) is 16.6. The summed E-state index contributed by atoms with van der Waals surface area (Å²) in [6.45, 7) is 0. The monoisotopic (exact) mass is 252 g/mol. The molecule has 2 aliphatic carbocycles. The fourth-order valence-corrected chi connectivity index (χ4v) is 3.50. The predicted octanol–water partition coefficient (Wildman–Crippen LogP) is 3.71. The first kappa shape index (κ1) is 14.1. The fourth-order valence-electron chi connectivity index (χ4n) is 3.50. The minimum atomic E-state index is -0.874. The highest BCUT2D eigenvalue weighted by molar-refractivity contribution is 5.12. The van der Waals surface area contributed by atoms with Crippen molar-refractivity contribution < 1.29 is 10.2 Å². The first-order valence-electron chi connectivity index (χ1n) is 7.76. The number of rotatable bonds is 0. The van der Waals surface area contributed by atoms with E-state index in [0.717, 1.165) is 25.7 Å². The molecule has 0 unspecified atom stereocenters. The van der Waals surface area contributed by atoms with E-state index in [9.17, 15) is 10.2 Å². The summed E-state index contributed by atoms with van der Waals surface area (Å²) in [5.41, 5.74) is -1.75. The van der Waals surface area contributed by atoms with Gasteiger partial charge in [-0.25, -0.2) is 0 Å². The average molecular weight is 252 g/mol.